The molecule has 0 atom stereocenters. The van der Waals surface area contributed by atoms with E-state index in [2.05, 4.69) is 0 Å². The van der Waals surface area contributed by atoms with Crippen LogP contribution in [0.2, 0.25) is 0 Å². The molecule has 0 aromatic heterocycles. The van der Waals surface area contributed by atoms with Crippen LogP contribution in [0.3, 0.4) is 0 Å². The summed E-state index contributed by atoms with van der Waals surface area (Å²) in [6.07, 6.45) is 3.83. The van der Waals surface area contributed by atoms with Gasteiger partial charge in [0.05, 0.1) is 18.6 Å². The number of rotatable bonds is 8. The Morgan fingerprint density at radius 1 is 1.00 bits per heavy atom. The van der Waals surface area contributed by atoms with Crippen LogP contribution in [0.1, 0.15) is 36.0 Å². The minimum atomic E-state index is -3.60. The van der Waals surface area contributed by atoms with Gasteiger partial charge < -0.3 is 14.4 Å². The Morgan fingerprint density at radius 3 is 2.35 bits per heavy atom. The molecule has 0 aliphatic carbocycles. The molecule has 0 unspecified atom stereocenters. The molecule has 1 amide bonds. The van der Waals surface area contributed by atoms with Crippen LogP contribution in [-0.2, 0) is 10.0 Å². The normalized spacial score (nSPS) is 15.2. The SMILES string of the molecule is COc1ccccc1OCCN(C)C(=O)c1cccc(S(=O)(=O)N2CCCCCC2)c1. The van der Waals surface area contributed by atoms with E-state index in [0.29, 0.717) is 36.7 Å². The first-order valence-electron chi connectivity index (χ1n) is 10.5. The molecule has 0 radical (unpaired) electrons. The summed E-state index contributed by atoms with van der Waals surface area (Å²) >= 11 is 0. The number of sulfonamides is 1. The second-order valence-electron chi connectivity index (χ2n) is 7.57. The monoisotopic (exact) mass is 446 g/mol. The summed E-state index contributed by atoms with van der Waals surface area (Å²) in [5.41, 5.74) is 0.343. The lowest BCUT2D eigenvalue weighted by Crippen LogP contribution is -2.33. The minimum absolute atomic E-state index is 0.166. The molecule has 7 nitrogen and oxygen atoms in total. The number of carbonyl (C=O) groups excluding carboxylic acids is 1. The third-order valence-corrected chi connectivity index (χ3v) is 7.28. The van der Waals surface area contributed by atoms with Gasteiger partial charge in [-0.05, 0) is 43.2 Å². The maximum Gasteiger partial charge on any atom is 0.253 e. The van der Waals surface area contributed by atoms with Gasteiger partial charge in [0, 0.05) is 25.7 Å². The van der Waals surface area contributed by atoms with Crippen molar-refractivity contribution in [2.75, 3.05) is 40.4 Å². The van der Waals surface area contributed by atoms with E-state index < -0.39 is 10.0 Å². The highest BCUT2D eigenvalue weighted by Crippen LogP contribution is 2.26. The van der Waals surface area contributed by atoms with Crippen molar-refractivity contribution >= 4 is 15.9 Å². The van der Waals surface area contributed by atoms with Crippen molar-refractivity contribution in [3.8, 4) is 11.5 Å². The third-order valence-electron chi connectivity index (χ3n) is 5.38. The Balaban J connectivity index is 1.65. The zero-order valence-corrected chi connectivity index (χ0v) is 18.9. The topological polar surface area (TPSA) is 76.1 Å². The Kier molecular flexibility index (Phi) is 7.92. The summed E-state index contributed by atoms with van der Waals surface area (Å²) in [6.45, 7) is 1.69. The fraction of sp³-hybridized carbons (Fsp3) is 0.435. The molecule has 1 saturated heterocycles. The second kappa shape index (κ2) is 10.6. The Morgan fingerprint density at radius 2 is 1.68 bits per heavy atom. The van der Waals surface area contributed by atoms with E-state index in [9.17, 15) is 13.2 Å². The lowest BCUT2D eigenvalue weighted by atomic mass is 10.2. The van der Waals surface area contributed by atoms with E-state index in [1.54, 1.807) is 44.5 Å². The van der Waals surface area contributed by atoms with Gasteiger partial charge in [0.15, 0.2) is 11.5 Å². The molecule has 0 bridgehead atoms. The van der Waals surface area contributed by atoms with Crippen molar-refractivity contribution < 1.29 is 22.7 Å². The van der Waals surface area contributed by atoms with Gasteiger partial charge in [-0.15, -0.1) is 0 Å². The number of nitrogens with zero attached hydrogens (tertiary/aromatic N) is 2. The van der Waals surface area contributed by atoms with Gasteiger partial charge in [-0.25, -0.2) is 8.42 Å². The first-order valence-corrected chi connectivity index (χ1v) is 12.0. The highest BCUT2D eigenvalue weighted by atomic mass is 32.2. The van der Waals surface area contributed by atoms with E-state index in [1.165, 1.54) is 15.3 Å². The molecular weight excluding hydrogens is 416 g/mol. The molecule has 1 aliphatic heterocycles. The second-order valence-corrected chi connectivity index (χ2v) is 9.51. The molecule has 0 spiro atoms. The molecule has 1 fully saturated rings. The van der Waals surface area contributed by atoms with Gasteiger partial charge in [-0.3, -0.25) is 4.79 Å². The van der Waals surface area contributed by atoms with Crippen LogP contribution in [0.25, 0.3) is 0 Å². The highest BCUT2D eigenvalue weighted by Gasteiger charge is 2.26. The lowest BCUT2D eigenvalue weighted by molar-refractivity contribution is 0.0773. The van der Waals surface area contributed by atoms with Crippen LogP contribution in [0, 0.1) is 0 Å². The van der Waals surface area contributed by atoms with Gasteiger partial charge in [0.1, 0.15) is 6.61 Å². The average molecular weight is 447 g/mol. The van der Waals surface area contributed by atoms with Gasteiger partial charge in [-0.1, -0.05) is 31.0 Å². The van der Waals surface area contributed by atoms with Crippen LogP contribution < -0.4 is 9.47 Å². The van der Waals surface area contributed by atoms with Gasteiger partial charge >= 0.3 is 0 Å². The van der Waals surface area contributed by atoms with Crippen LogP contribution in [0.4, 0.5) is 0 Å². The number of ether oxygens (including phenoxy) is 2. The number of hydrogen-bond donors (Lipinski definition) is 0. The molecule has 3 rings (SSSR count). The van der Waals surface area contributed by atoms with Crippen molar-refractivity contribution in [2.45, 2.75) is 30.6 Å². The Bertz CT molecular complexity index is 985. The predicted octanol–water partition coefficient (Wildman–Crippen LogP) is 3.41. The summed E-state index contributed by atoms with van der Waals surface area (Å²) < 4.78 is 38.6. The number of methoxy groups -OCH3 is 1. The number of hydrogen-bond acceptors (Lipinski definition) is 5. The van der Waals surface area contributed by atoms with Gasteiger partial charge in [0.2, 0.25) is 10.0 Å². The molecule has 8 heteroatoms. The quantitative estimate of drug-likeness (QED) is 0.621. The van der Waals surface area contributed by atoms with Crippen LogP contribution >= 0.6 is 0 Å². The molecule has 1 heterocycles. The lowest BCUT2D eigenvalue weighted by Gasteiger charge is -2.21. The van der Waals surface area contributed by atoms with Crippen molar-refractivity contribution in [1.82, 2.24) is 9.21 Å². The number of benzene rings is 2. The number of amides is 1. The summed E-state index contributed by atoms with van der Waals surface area (Å²) in [5.74, 6) is 0.982. The number of likely N-dealkylation sites (N-methyl/N-ethyl adjacent to an activating group) is 1. The predicted molar refractivity (Wildman–Crippen MR) is 119 cm³/mol. The summed E-state index contributed by atoms with van der Waals surface area (Å²) in [7, 11) is -0.359. The largest absolute Gasteiger partial charge is 0.493 e. The standard InChI is InChI=1S/C23H30N2O5S/c1-24(16-17-30-22-13-6-5-12-21(22)29-2)23(26)19-10-9-11-20(18-19)31(27,28)25-14-7-3-4-8-15-25/h5-6,9-13,18H,3-4,7-8,14-17H2,1-2H3. The van der Waals surface area contributed by atoms with Crippen LogP contribution in [0.5, 0.6) is 11.5 Å². The molecule has 168 valence electrons. The van der Waals surface area contributed by atoms with Crippen LogP contribution in [0.15, 0.2) is 53.4 Å². The average Bonchev–Trinajstić information content (AvgIpc) is 3.09. The van der Waals surface area contributed by atoms with E-state index >= 15 is 0 Å². The third kappa shape index (κ3) is 5.77. The first-order chi connectivity index (χ1) is 14.9. The summed E-state index contributed by atoms with van der Waals surface area (Å²) in [4.78, 5) is 14.5. The van der Waals surface area contributed by atoms with E-state index in [1.807, 2.05) is 12.1 Å². The van der Waals surface area contributed by atoms with Gasteiger partial charge in [0.25, 0.3) is 5.91 Å². The van der Waals surface area contributed by atoms with Crippen molar-refractivity contribution in [3.05, 3.63) is 54.1 Å². The maximum absolute atomic E-state index is 13.0. The fourth-order valence-corrected chi connectivity index (χ4v) is 5.14. The van der Waals surface area contributed by atoms with Crippen molar-refractivity contribution in [1.29, 1.82) is 0 Å². The Labute approximate surface area is 184 Å². The fourth-order valence-electron chi connectivity index (χ4n) is 3.57. The zero-order chi connectivity index (χ0) is 22.3. The minimum Gasteiger partial charge on any atom is -0.493 e. The summed E-state index contributed by atoms with van der Waals surface area (Å²) in [5, 5.41) is 0. The molecule has 31 heavy (non-hydrogen) atoms. The van der Waals surface area contributed by atoms with E-state index in [0.717, 1.165) is 25.7 Å². The highest BCUT2D eigenvalue weighted by molar-refractivity contribution is 7.89. The molecular formula is C23H30N2O5S. The number of carbonyl (C=O) groups is 1. The summed E-state index contributed by atoms with van der Waals surface area (Å²) in [6, 6.07) is 13.6. The molecule has 2 aromatic rings. The maximum atomic E-state index is 13.0. The molecule has 0 N–H and O–H groups in total. The van der Waals surface area contributed by atoms with Crippen molar-refractivity contribution in [2.24, 2.45) is 0 Å². The number of para-hydroxylation sites is 2. The molecule has 1 aliphatic rings. The van der Waals surface area contributed by atoms with Crippen molar-refractivity contribution in [3.63, 3.8) is 0 Å². The Hall–Kier alpha value is -2.58. The smallest absolute Gasteiger partial charge is 0.253 e. The van der Waals surface area contributed by atoms with E-state index in [-0.39, 0.29) is 17.4 Å². The molecule has 2 aromatic carbocycles. The van der Waals surface area contributed by atoms with Gasteiger partial charge in [-0.2, -0.15) is 4.31 Å². The zero-order valence-electron chi connectivity index (χ0n) is 18.1. The molecule has 0 saturated carbocycles. The van der Waals surface area contributed by atoms with Crippen LogP contribution in [-0.4, -0.2) is 63.9 Å². The van der Waals surface area contributed by atoms with E-state index in [4.69, 9.17) is 9.47 Å². The first kappa shape index (κ1) is 23.1.